The van der Waals surface area contributed by atoms with E-state index in [2.05, 4.69) is 10.6 Å². The summed E-state index contributed by atoms with van der Waals surface area (Å²) in [5.74, 6) is 0.105. The largest absolute Gasteiger partial charge is 0.451 e. The molecule has 0 spiro atoms. The summed E-state index contributed by atoms with van der Waals surface area (Å²) in [5, 5.41) is 7.24. The minimum Gasteiger partial charge on any atom is -0.451 e. The third-order valence-corrected chi connectivity index (χ3v) is 4.58. The van der Waals surface area contributed by atoms with Gasteiger partial charge in [0, 0.05) is 34.6 Å². The molecule has 0 aliphatic carbocycles. The maximum Gasteiger partial charge on any atom is 0.291 e. The van der Waals surface area contributed by atoms with Crippen molar-refractivity contribution in [3.63, 3.8) is 0 Å². The zero-order chi connectivity index (χ0) is 20.2. The fourth-order valence-electron chi connectivity index (χ4n) is 3.27. The van der Waals surface area contributed by atoms with E-state index in [0.717, 1.165) is 27.9 Å². The van der Waals surface area contributed by atoms with Crippen molar-refractivity contribution >= 4 is 33.9 Å². The Morgan fingerprint density at radius 2 is 1.45 bits per heavy atom. The second kappa shape index (κ2) is 8.20. The molecule has 0 bridgehead atoms. The fraction of sp³-hybridized carbons (Fsp3) is 0.125. The van der Waals surface area contributed by atoms with Crippen molar-refractivity contribution in [2.75, 3.05) is 24.7 Å². The Balaban J connectivity index is 1.53. The predicted molar refractivity (Wildman–Crippen MR) is 118 cm³/mol. The lowest BCUT2D eigenvalue weighted by atomic mass is 10.1. The lowest BCUT2D eigenvalue weighted by Gasteiger charge is -2.11. The molecule has 5 nitrogen and oxygen atoms in total. The van der Waals surface area contributed by atoms with Gasteiger partial charge in [0.25, 0.3) is 5.91 Å². The van der Waals surface area contributed by atoms with E-state index in [1.165, 1.54) is 0 Å². The highest BCUT2D eigenvalue weighted by molar-refractivity contribution is 6.06. The van der Waals surface area contributed by atoms with Crippen LogP contribution in [0.25, 0.3) is 11.0 Å². The van der Waals surface area contributed by atoms with E-state index in [1.54, 1.807) is 0 Å². The Morgan fingerprint density at radius 3 is 2.17 bits per heavy atom. The molecule has 4 aromatic rings. The molecular formula is C24H23N3O2. The van der Waals surface area contributed by atoms with E-state index in [4.69, 9.17) is 4.42 Å². The topological polar surface area (TPSA) is 57.5 Å². The molecule has 1 aromatic heterocycles. The third-order valence-electron chi connectivity index (χ3n) is 4.58. The van der Waals surface area contributed by atoms with Gasteiger partial charge in [0.15, 0.2) is 5.76 Å². The molecule has 4 rings (SSSR count). The average Bonchev–Trinajstić information content (AvgIpc) is 3.08. The fourth-order valence-corrected chi connectivity index (χ4v) is 3.27. The minimum atomic E-state index is -0.248. The molecule has 0 fully saturated rings. The van der Waals surface area contributed by atoms with Crippen LogP contribution in [-0.2, 0) is 6.54 Å². The molecule has 1 amide bonds. The second-order valence-corrected chi connectivity index (χ2v) is 7.17. The van der Waals surface area contributed by atoms with Crippen molar-refractivity contribution in [2.45, 2.75) is 6.54 Å². The first-order valence-electron chi connectivity index (χ1n) is 9.49. The van der Waals surface area contributed by atoms with Crippen LogP contribution in [0.4, 0.5) is 17.1 Å². The Kier molecular flexibility index (Phi) is 5.31. The summed E-state index contributed by atoms with van der Waals surface area (Å²) in [6, 6.07) is 25.3. The molecule has 0 saturated heterocycles. The Bertz CT molecular complexity index is 1120. The Labute approximate surface area is 170 Å². The van der Waals surface area contributed by atoms with Gasteiger partial charge in [0.05, 0.1) is 0 Å². The summed E-state index contributed by atoms with van der Waals surface area (Å²) in [5.41, 5.74) is 4.29. The highest BCUT2D eigenvalue weighted by Crippen LogP contribution is 2.28. The second-order valence-electron chi connectivity index (χ2n) is 7.17. The number of amides is 1. The van der Waals surface area contributed by atoms with Crippen LogP contribution in [0.3, 0.4) is 0 Å². The maximum atomic E-state index is 12.9. The molecule has 0 aliphatic rings. The monoisotopic (exact) mass is 385 g/mol. The maximum absolute atomic E-state index is 12.9. The predicted octanol–water partition coefficient (Wildman–Crippen LogP) is 5.49. The number of benzene rings is 3. The summed E-state index contributed by atoms with van der Waals surface area (Å²) >= 11 is 0. The molecule has 0 atom stereocenters. The number of hydrogen-bond acceptors (Lipinski definition) is 4. The molecule has 3 aromatic carbocycles. The molecular weight excluding hydrogens is 362 g/mol. The van der Waals surface area contributed by atoms with Crippen LogP contribution in [0.5, 0.6) is 0 Å². The molecule has 2 N–H and O–H groups in total. The average molecular weight is 385 g/mol. The van der Waals surface area contributed by atoms with Gasteiger partial charge in [-0.3, -0.25) is 4.79 Å². The summed E-state index contributed by atoms with van der Waals surface area (Å²) < 4.78 is 5.89. The molecule has 1 heterocycles. The molecule has 0 unspecified atom stereocenters. The van der Waals surface area contributed by atoms with E-state index in [-0.39, 0.29) is 5.91 Å². The zero-order valence-electron chi connectivity index (χ0n) is 16.5. The van der Waals surface area contributed by atoms with E-state index >= 15 is 0 Å². The van der Waals surface area contributed by atoms with Gasteiger partial charge in [-0.05, 0) is 56.6 Å². The van der Waals surface area contributed by atoms with Crippen LogP contribution < -0.4 is 10.6 Å². The number of hydrogen-bond donors (Lipinski definition) is 2. The summed E-state index contributed by atoms with van der Waals surface area (Å²) in [6.07, 6.45) is 0. The first-order chi connectivity index (χ1) is 14.1. The van der Waals surface area contributed by atoms with Crippen LogP contribution in [0.15, 0.2) is 83.3 Å². The van der Waals surface area contributed by atoms with Gasteiger partial charge >= 0.3 is 0 Å². The number of carbonyl (C=O) groups is 1. The van der Waals surface area contributed by atoms with Gasteiger partial charge in [-0.2, -0.15) is 0 Å². The number of carbonyl (C=O) groups excluding carboxylic acids is 1. The molecule has 29 heavy (non-hydrogen) atoms. The quantitative estimate of drug-likeness (QED) is 0.461. The highest BCUT2D eigenvalue weighted by atomic mass is 16.3. The summed E-state index contributed by atoms with van der Waals surface area (Å²) in [4.78, 5) is 14.9. The third kappa shape index (κ3) is 4.31. The number of rotatable bonds is 6. The van der Waals surface area contributed by atoms with Gasteiger partial charge in [-0.1, -0.05) is 36.4 Å². The van der Waals surface area contributed by atoms with Gasteiger partial charge in [-0.25, -0.2) is 0 Å². The SMILES string of the molecule is CN(C)Cc1c(C(=O)Nc2ccc(Nc3ccccc3)cc2)oc2ccccc12. The Morgan fingerprint density at radius 1 is 0.828 bits per heavy atom. The molecule has 0 saturated carbocycles. The van der Waals surface area contributed by atoms with Crippen molar-refractivity contribution in [3.05, 3.63) is 90.2 Å². The van der Waals surface area contributed by atoms with E-state index in [1.807, 2.05) is 97.9 Å². The standard InChI is InChI=1S/C24H23N3O2/c1-27(2)16-21-20-10-6-7-11-22(20)29-23(21)24(28)26-19-14-12-18(13-15-19)25-17-8-4-3-5-9-17/h3-15,25H,16H2,1-2H3,(H,26,28). The number of furan rings is 1. The lowest BCUT2D eigenvalue weighted by molar-refractivity contribution is 0.0996. The lowest BCUT2D eigenvalue weighted by Crippen LogP contribution is -2.17. The number of para-hydroxylation sites is 2. The van der Waals surface area contributed by atoms with Gasteiger partial charge in [-0.15, -0.1) is 0 Å². The van der Waals surface area contributed by atoms with Crippen molar-refractivity contribution in [1.82, 2.24) is 4.90 Å². The van der Waals surface area contributed by atoms with E-state index in [0.29, 0.717) is 18.0 Å². The molecule has 5 heteroatoms. The first-order valence-corrected chi connectivity index (χ1v) is 9.49. The van der Waals surface area contributed by atoms with Crippen molar-refractivity contribution in [1.29, 1.82) is 0 Å². The number of fused-ring (bicyclic) bond motifs is 1. The van der Waals surface area contributed by atoms with Crippen molar-refractivity contribution in [3.8, 4) is 0 Å². The number of nitrogens with zero attached hydrogens (tertiary/aromatic N) is 1. The summed E-state index contributed by atoms with van der Waals surface area (Å²) in [7, 11) is 3.95. The molecule has 0 radical (unpaired) electrons. The number of anilines is 3. The summed E-state index contributed by atoms with van der Waals surface area (Å²) in [6.45, 7) is 0.625. The highest BCUT2D eigenvalue weighted by Gasteiger charge is 2.21. The van der Waals surface area contributed by atoms with E-state index in [9.17, 15) is 4.79 Å². The van der Waals surface area contributed by atoms with Crippen LogP contribution in [0.2, 0.25) is 0 Å². The molecule has 0 aliphatic heterocycles. The van der Waals surface area contributed by atoms with Gasteiger partial charge in [0.1, 0.15) is 5.58 Å². The van der Waals surface area contributed by atoms with Crippen molar-refractivity contribution < 1.29 is 9.21 Å². The van der Waals surface area contributed by atoms with Crippen LogP contribution >= 0.6 is 0 Å². The van der Waals surface area contributed by atoms with Crippen LogP contribution in [0.1, 0.15) is 16.1 Å². The molecule has 146 valence electrons. The van der Waals surface area contributed by atoms with Crippen molar-refractivity contribution in [2.24, 2.45) is 0 Å². The zero-order valence-corrected chi connectivity index (χ0v) is 16.5. The van der Waals surface area contributed by atoms with Gasteiger partial charge in [0.2, 0.25) is 0 Å². The normalized spacial score (nSPS) is 11.0. The van der Waals surface area contributed by atoms with Gasteiger partial charge < -0.3 is 20.0 Å². The first kappa shape index (κ1) is 18.8. The minimum absolute atomic E-state index is 0.248. The Hall–Kier alpha value is -3.57. The smallest absolute Gasteiger partial charge is 0.291 e. The van der Waals surface area contributed by atoms with E-state index < -0.39 is 0 Å². The van der Waals surface area contributed by atoms with Crippen LogP contribution in [-0.4, -0.2) is 24.9 Å². The number of nitrogens with one attached hydrogen (secondary N) is 2. The van der Waals surface area contributed by atoms with Crippen LogP contribution in [0, 0.1) is 0 Å².